The van der Waals surface area contributed by atoms with Gasteiger partial charge in [0.25, 0.3) is 0 Å². The normalized spacial score (nSPS) is 11.3. The number of thioether (sulfide) groups is 1. The highest BCUT2D eigenvalue weighted by Crippen LogP contribution is 2.25. The summed E-state index contributed by atoms with van der Waals surface area (Å²) in [5, 5.41) is 14.6. The molecular formula is C18H16F3N5O2S. The molecule has 0 spiro atoms. The second-order valence-electron chi connectivity index (χ2n) is 6.07. The molecule has 0 aliphatic carbocycles. The van der Waals surface area contributed by atoms with Gasteiger partial charge in [-0.3, -0.25) is 4.79 Å². The molecule has 1 heterocycles. The summed E-state index contributed by atoms with van der Waals surface area (Å²) in [5.74, 6) is -0.696. The molecule has 0 aliphatic rings. The Hall–Kier alpha value is -3.08. The zero-order valence-electron chi connectivity index (χ0n) is 15.4. The Morgan fingerprint density at radius 2 is 1.90 bits per heavy atom. The predicted molar refractivity (Wildman–Crippen MR) is 101 cm³/mol. The Bertz CT molecular complexity index is 1010. The average Bonchev–Trinajstić information content (AvgIpc) is 3.09. The number of carbonyl (C=O) groups excluding carboxylic acids is 1. The smallest absolute Gasteiger partial charge is 0.406 e. The van der Waals surface area contributed by atoms with E-state index in [1.165, 1.54) is 12.1 Å². The zero-order chi connectivity index (χ0) is 21.0. The van der Waals surface area contributed by atoms with E-state index in [9.17, 15) is 18.0 Å². The maximum atomic E-state index is 12.2. The number of amides is 1. The number of ether oxygens (including phenoxy) is 1. The van der Waals surface area contributed by atoms with E-state index in [2.05, 4.69) is 25.6 Å². The molecule has 3 rings (SSSR count). The van der Waals surface area contributed by atoms with E-state index in [1.807, 2.05) is 32.0 Å². The molecule has 2 aromatic carbocycles. The fourth-order valence-corrected chi connectivity index (χ4v) is 3.21. The molecule has 7 nitrogen and oxygen atoms in total. The number of halogens is 3. The molecular weight excluding hydrogens is 407 g/mol. The molecule has 1 amide bonds. The number of carbonyl (C=O) groups is 1. The van der Waals surface area contributed by atoms with Crippen molar-refractivity contribution in [2.24, 2.45) is 0 Å². The van der Waals surface area contributed by atoms with E-state index in [1.54, 1.807) is 4.68 Å². The van der Waals surface area contributed by atoms with Crippen molar-refractivity contribution in [1.29, 1.82) is 0 Å². The van der Waals surface area contributed by atoms with Crippen molar-refractivity contribution in [3.63, 3.8) is 0 Å². The second kappa shape index (κ2) is 8.52. The third-order valence-electron chi connectivity index (χ3n) is 3.73. The molecule has 0 aliphatic heterocycles. The van der Waals surface area contributed by atoms with Gasteiger partial charge in [0.1, 0.15) is 5.75 Å². The van der Waals surface area contributed by atoms with E-state index in [4.69, 9.17) is 0 Å². The van der Waals surface area contributed by atoms with Crippen molar-refractivity contribution >= 4 is 23.4 Å². The standard InChI is InChI=1S/C18H16F3N5O2S/c1-11-3-8-15(12(2)9-11)26-17(23-24-25-26)29-10-16(27)22-13-4-6-14(7-5-13)28-18(19,20)21/h3-9H,10H2,1-2H3,(H,22,27). The van der Waals surface area contributed by atoms with E-state index in [0.717, 1.165) is 40.7 Å². The second-order valence-corrected chi connectivity index (χ2v) is 7.01. The Morgan fingerprint density at radius 3 is 2.55 bits per heavy atom. The number of nitrogens with one attached hydrogen (secondary N) is 1. The molecule has 0 unspecified atom stereocenters. The summed E-state index contributed by atoms with van der Waals surface area (Å²) in [6, 6.07) is 10.7. The molecule has 3 aromatic rings. The minimum atomic E-state index is -4.76. The van der Waals surface area contributed by atoms with Crippen LogP contribution in [0.3, 0.4) is 0 Å². The minimum Gasteiger partial charge on any atom is -0.406 e. The van der Waals surface area contributed by atoms with E-state index < -0.39 is 6.36 Å². The van der Waals surface area contributed by atoms with Crippen molar-refractivity contribution < 1.29 is 22.7 Å². The van der Waals surface area contributed by atoms with Gasteiger partial charge in [0.2, 0.25) is 11.1 Å². The van der Waals surface area contributed by atoms with Crippen molar-refractivity contribution in [2.45, 2.75) is 25.4 Å². The number of rotatable bonds is 6. The largest absolute Gasteiger partial charge is 0.573 e. The molecule has 0 radical (unpaired) electrons. The highest BCUT2D eigenvalue weighted by Gasteiger charge is 2.30. The van der Waals surface area contributed by atoms with Crippen molar-refractivity contribution in [3.8, 4) is 11.4 Å². The first-order valence-electron chi connectivity index (χ1n) is 8.36. The number of hydrogen-bond acceptors (Lipinski definition) is 6. The lowest BCUT2D eigenvalue weighted by Crippen LogP contribution is -2.17. The highest BCUT2D eigenvalue weighted by molar-refractivity contribution is 7.99. The maximum Gasteiger partial charge on any atom is 0.573 e. The number of anilines is 1. The number of aromatic nitrogens is 4. The predicted octanol–water partition coefficient (Wildman–Crippen LogP) is 3.91. The summed E-state index contributed by atoms with van der Waals surface area (Å²) in [6.45, 7) is 3.93. The summed E-state index contributed by atoms with van der Waals surface area (Å²) in [7, 11) is 0. The number of hydrogen-bond donors (Lipinski definition) is 1. The van der Waals surface area contributed by atoms with Crippen LogP contribution >= 0.6 is 11.8 Å². The van der Waals surface area contributed by atoms with Crippen LogP contribution in [0.15, 0.2) is 47.6 Å². The number of tetrazole rings is 1. The summed E-state index contributed by atoms with van der Waals surface area (Å²) < 4.78 is 41.9. The summed E-state index contributed by atoms with van der Waals surface area (Å²) in [5.41, 5.74) is 3.26. The van der Waals surface area contributed by atoms with E-state index in [-0.39, 0.29) is 17.4 Å². The zero-order valence-corrected chi connectivity index (χ0v) is 16.2. The van der Waals surface area contributed by atoms with Gasteiger partial charge in [-0.25, -0.2) is 0 Å². The van der Waals surface area contributed by atoms with Gasteiger partial charge < -0.3 is 10.1 Å². The molecule has 0 fully saturated rings. The SMILES string of the molecule is Cc1ccc(-n2nnnc2SCC(=O)Nc2ccc(OC(F)(F)F)cc2)c(C)c1. The van der Waals surface area contributed by atoms with Crippen LogP contribution in [0.2, 0.25) is 0 Å². The van der Waals surface area contributed by atoms with Crippen molar-refractivity contribution in [2.75, 3.05) is 11.1 Å². The van der Waals surface area contributed by atoms with Crippen LogP contribution in [0.5, 0.6) is 5.75 Å². The van der Waals surface area contributed by atoms with Crippen LogP contribution in [-0.4, -0.2) is 38.2 Å². The van der Waals surface area contributed by atoms with Gasteiger partial charge in [-0.15, -0.1) is 18.3 Å². The molecule has 0 saturated heterocycles. The number of aryl methyl sites for hydroxylation is 2. The Morgan fingerprint density at radius 1 is 1.17 bits per heavy atom. The topological polar surface area (TPSA) is 81.9 Å². The van der Waals surface area contributed by atoms with Crippen LogP contribution in [-0.2, 0) is 4.79 Å². The van der Waals surface area contributed by atoms with Gasteiger partial charge in [-0.05, 0) is 60.2 Å². The van der Waals surface area contributed by atoms with E-state index in [0.29, 0.717) is 10.8 Å². The lowest BCUT2D eigenvalue weighted by Gasteiger charge is -2.10. The number of benzene rings is 2. The van der Waals surface area contributed by atoms with Crippen molar-refractivity contribution in [3.05, 3.63) is 53.6 Å². The average molecular weight is 423 g/mol. The fraction of sp³-hybridized carbons (Fsp3) is 0.222. The van der Waals surface area contributed by atoms with E-state index >= 15 is 0 Å². The first-order chi connectivity index (χ1) is 13.7. The highest BCUT2D eigenvalue weighted by atomic mass is 32.2. The van der Waals surface area contributed by atoms with Gasteiger partial charge in [0.15, 0.2) is 0 Å². The fourth-order valence-electron chi connectivity index (χ4n) is 2.53. The summed E-state index contributed by atoms with van der Waals surface area (Å²) >= 11 is 1.14. The van der Waals surface area contributed by atoms with Crippen LogP contribution in [0, 0.1) is 13.8 Å². The van der Waals surface area contributed by atoms with Gasteiger partial charge in [-0.1, -0.05) is 29.5 Å². The van der Waals surface area contributed by atoms with Gasteiger partial charge >= 0.3 is 6.36 Å². The Labute approximate surface area is 168 Å². The molecule has 152 valence electrons. The molecule has 0 bridgehead atoms. The summed E-state index contributed by atoms with van der Waals surface area (Å²) in [6.07, 6.45) is -4.76. The maximum absolute atomic E-state index is 12.2. The van der Waals surface area contributed by atoms with Crippen LogP contribution < -0.4 is 10.1 Å². The first kappa shape index (κ1) is 20.6. The van der Waals surface area contributed by atoms with Crippen LogP contribution in [0.1, 0.15) is 11.1 Å². The Kier molecular flexibility index (Phi) is 6.06. The van der Waals surface area contributed by atoms with Crippen LogP contribution in [0.4, 0.5) is 18.9 Å². The molecule has 0 saturated carbocycles. The lowest BCUT2D eigenvalue weighted by molar-refractivity contribution is -0.274. The molecule has 0 atom stereocenters. The van der Waals surface area contributed by atoms with Gasteiger partial charge in [0.05, 0.1) is 11.4 Å². The summed E-state index contributed by atoms with van der Waals surface area (Å²) in [4.78, 5) is 12.2. The molecule has 1 aromatic heterocycles. The molecule has 1 N–H and O–H groups in total. The number of nitrogens with zero attached hydrogens (tertiary/aromatic N) is 4. The van der Waals surface area contributed by atoms with Crippen LogP contribution in [0.25, 0.3) is 5.69 Å². The molecule has 29 heavy (non-hydrogen) atoms. The monoisotopic (exact) mass is 423 g/mol. The lowest BCUT2D eigenvalue weighted by atomic mass is 10.1. The molecule has 11 heteroatoms. The van der Waals surface area contributed by atoms with Crippen molar-refractivity contribution in [1.82, 2.24) is 20.2 Å². The minimum absolute atomic E-state index is 0.0199. The third-order valence-corrected chi connectivity index (χ3v) is 4.64. The third kappa shape index (κ3) is 5.70. The van der Waals surface area contributed by atoms with Gasteiger partial charge in [-0.2, -0.15) is 4.68 Å². The quantitative estimate of drug-likeness (QED) is 0.606. The van der Waals surface area contributed by atoms with Gasteiger partial charge in [0, 0.05) is 5.69 Å². The number of alkyl halides is 3. The first-order valence-corrected chi connectivity index (χ1v) is 9.34. The Balaban J connectivity index is 1.60.